The number of fused-ring (bicyclic) bond motifs is 12. The molecule has 10 rings (SSSR count). The third-order valence-corrected chi connectivity index (χ3v) is 12.3. The van der Waals surface area contributed by atoms with E-state index in [0.29, 0.717) is 0 Å². The first kappa shape index (κ1) is 32.0. The molecule has 0 aliphatic carbocycles. The van der Waals surface area contributed by atoms with E-state index in [9.17, 15) is 0 Å². The Bertz CT molecular complexity index is 3200. The van der Waals surface area contributed by atoms with Crippen LogP contribution in [0.3, 0.4) is 0 Å². The normalized spacial score (nSPS) is 12.5. The molecule has 5 heterocycles. The number of imidazole rings is 1. The third kappa shape index (κ3) is 4.63. The zero-order chi connectivity index (χ0) is 36.3. The molecule has 53 heavy (non-hydrogen) atoms. The Labute approximate surface area is 317 Å². The first-order chi connectivity index (χ1) is 25.6. The van der Waals surface area contributed by atoms with Crippen LogP contribution in [0.4, 0.5) is 0 Å². The quantitative estimate of drug-likeness (QED) is 0.177. The van der Waals surface area contributed by atoms with E-state index in [0.717, 1.165) is 43.2 Å². The Hall–Kier alpha value is -5.65. The Balaban J connectivity index is 1.35. The van der Waals surface area contributed by atoms with Gasteiger partial charge in [-0.15, -0.1) is 0 Å². The Morgan fingerprint density at radius 1 is 0.604 bits per heavy atom. The number of nitrogens with zero attached hydrogens (tertiary/aromatic N) is 6. The average Bonchev–Trinajstić information content (AvgIpc) is 3.86. The fraction of sp³-hybridized carbons (Fsp3) is 0.156. The van der Waals surface area contributed by atoms with E-state index in [-0.39, 0.29) is 5.41 Å². The number of ether oxygens (including phenoxy) is 1. The molecule has 0 unspecified atom stereocenters. The number of hydrogen-bond acceptors (Lipinski definition) is 2. The van der Waals surface area contributed by atoms with Gasteiger partial charge in [-0.1, -0.05) is 57.2 Å². The molecule has 264 valence electrons. The van der Waals surface area contributed by atoms with Crippen molar-refractivity contribution in [3.63, 3.8) is 0 Å². The molecule has 0 atom stereocenters. The molecule has 0 radical (unpaired) electrons. The van der Waals surface area contributed by atoms with Crippen molar-refractivity contribution < 1.29 is 24.1 Å². The van der Waals surface area contributed by atoms with Gasteiger partial charge in [0.05, 0.1) is 11.0 Å². The summed E-state index contributed by atoms with van der Waals surface area (Å²) in [7, 11) is 6.46. The van der Waals surface area contributed by atoms with Crippen molar-refractivity contribution >= 4 is 65.4 Å². The predicted octanol–water partition coefficient (Wildman–Crippen LogP) is 10.8. The first-order valence-electron chi connectivity index (χ1n) is 17.9. The molecule has 0 aliphatic heterocycles. The predicted molar refractivity (Wildman–Crippen MR) is 213 cm³/mol. The van der Waals surface area contributed by atoms with Gasteiger partial charge in [0.25, 0.3) is 0 Å². The number of pyridine rings is 1. The first-order valence-corrected chi connectivity index (χ1v) is 19.0. The molecule has 0 N–H and O–H groups in total. The van der Waals surface area contributed by atoms with Gasteiger partial charge in [-0.2, -0.15) is 0 Å². The van der Waals surface area contributed by atoms with Gasteiger partial charge in [0.15, 0.2) is 0 Å². The van der Waals surface area contributed by atoms with E-state index >= 15 is 0 Å². The Morgan fingerprint density at radius 3 is 1.94 bits per heavy atom. The van der Waals surface area contributed by atoms with E-state index in [2.05, 4.69) is 187 Å². The summed E-state index contributed by atoms with van der Waals surface area (Å²) in [6.07, 6.45) is 6.09. The third-order valence-electron chi connectivity index (χ3n) is 10.9. The van der Waals surface area contributed by atoms with Crippen LogP contribution in [-0.4, -0.2) is 27.8 Å². The standard InChI is InChI=1S/C45H38N6O.Pt/c1-45(2,3)28-20-21-46-38(24-28)51-37-26-31(52-30-13-11-12-29(25-30)50-23-22-47(4)27-50)18-19-34(37)39-40-32-14-7-9-16-35(32)48(5)43(40)44-41(42(39)51)33-15-8-10-17-36(33)49(44)6;/h7-26H,1-6H3;. The van der Waals surface area contributed by atoms with E-state index in [4.69, 9.17) is 9.72 Å². The van der Waals surface area contributed by atoms with E-state index in [1.54, 1.807) is 0 Å². The van der Waals surface area contributed by atoms with Crippen LogP contribution in [0.1, 0.15) is 26.3 Å². The fourth-order valence-corrected chi connectivity index (χ4v) is 9.00. The maximum absolute atomic E-state index is 6.72. The molecule has 0 saturated carbocycles. The van der Waals surface area contributed by atoms with Crippen LogP contribution in [0.2, 0.25) is 0 Å². The van der Waals surface area contributed by atoms with Gasteiger partial charge in [0.2, 0.25) is 0 Å². The van der Waals surface area contributed by atoms with Crippen molar-refractivity contribution in [2.24, 2.45) is 21.1 Å². The second-order valence-electron chi connectivity index (χ2n) is 15.1. The SMILES string of the molecule is Cn1ccn(-c2cccc(Oc3ccc4c5c6c7ccccc7n(C)c6c6c(c7ccccc7n6C)c5n(-c5cc(C(C)(C)C)ccn5)c4c3)c2)[c]1=[Pt]. The van der Waals surface area contributed by atoms with Gasteiger partial charge in [-0.05, 0) is 29.2 Å². The Morgan fingerprint density at radius 2 is 1.25 bits per heavy atom. The molecule has 7 nitrogen and oxygen atoms in total. The minimum absolute atomic E-state index is 0.0535. The molecule has 0 amide bonds. The van der Waals surface area contributed by atoms with Crippen LogP contribution in [0, 0.1) is 3.80 Å². The summed E-state index contributed by atoms with van der Waals surface area (Å²) in [5.74, 6) is 2.43. The van der Waals surface area contributed by atoms with Crippen LogP contribution in [0.5, 0.6) is 11.5 Å². The molecule has 5 aromatic carbocycles. The van der Waals surface area contributed by atoms with Crippen LogP contribution < -0.4 is 4.74 Å². The molecule has 0 spiro atoms. The molecule has 8 heteroatoms. The van der Waals surface area contributed by atoms with Gasteiger partial charge in [-0.3, -0.25) is 0 Å². The summed E-state index contributed by atoms with van der Waals surface area (Å²) < 4.78 is 19.2. The number of rotatable bonds is 4. The van der Waals surface area contributed by atoms with Gasteiger partial charge >= 0.3 is 170 Å². The maximum atomic E-state index is 6.72. The molecule has 0 bridgehead atoms. The summed E-state index contributed by atoms with van der Waals surface area (Å²) in [5.41, 5.74) is 9.28. The average molecular weight is 874 g/mol. The van der Waals surface area contributed by atoms with E-state index in [1.165, 1.54) is 54.6 Å². The molecular weight excluding hydrogens is 836 g/mol. The summed E-state index contributed by atoms with van der Waals surface area (Å²) in [6, 6.07) is 36.8. The zero-order valence-corrected chi connectivity index (χ0v) is 32.7. The second-order valence-corrected chi connectivity index (χ2v) is 16.1. The van der Waals surface area contributed by atoms with Crippen molar-refractivity contribution in [3.05, 3.63) is 131 Å². The van der Waals surface area contributed by atoms with Crippen molar-refractivity contribution in [3.8, 4) is 23.0 Å². The van der Waals surface area contributed by atoms with Crippen LogP contribution in [0.15, 0.2) is 122 Å². The number of aryl methyl sites for hydroxylation is 3. The summed E-state index contributed by atoms with van der Waals surface area (Å²) in [4.78, 5) is 5.11. The molecule has 5 aromatic heterocycles. The molecule has 0 aliphatic rings. The van der Waals surface area contributed by atoms with Crippen LogP contribution in [-0.2, 0) is 45.9 Å². The number of para-hydroxylation sites is 2. The molecule has 0 saturated heterocycles. The van der Waals surface area contributed by atoms with Crippen LogP contribution in [0.25, 0.3) is 76.9 Å². The summed E-state index contributed by atoms with van der Waals surface area (Å²) in [6.45, 7) is 6.78. The summed E-state index contributed by atoms with van der Waals surface area (Å²) in [5, 5.41) is 7.32. The van der Waals surface area contributed by atoms with Crippen molar-refractivity contribution in [1.29, 1.82) is 0 Å². The molecule has 0 fully saturated rings. The number of hydrogen-bond donors (Lipinski definition) is 0. The van der Waals surface area contributed by atoms with Gasteiger partial charge in [0.1, 0.15) is 0 Å². The van der Waals surface area contributed by atoms with E-state index in [1.807, 2.05) is 18.3 Å². The summed E-state index contributed by atoms with van der Waals surface area (Å²) >= 11 is 2.35. The zero-order valence-electron chi connectivity index (χ0n) is 30.5. The van der Waals surface area contributed by atoms with Crippen molar-refractivity contribution in [2.45, 2.75) is 26.2 Å². The van der Waals surface area contributed by atoms with Crippen molar-refractivity contribution in [1.82, 2.24) is 27.8 Å². The Kier molecular flexibility index (Phi) is 6.90. The number of aromatic nitrogens is 6. The molecule has 10 aromatic rings. The van der Waals surface area contributed by atoms with Crippen LogP contribution >= 0.6 is 0 Å². The van der Waals surface area contributed by atoms with Gasteiger partial charge in [0, 0.05) is 42.1 Å². The van der Waals surface area contributed by atoms with Gasteiger partial charge < -0.3 is 9.13 Å². The topological polar surface area (TPSA) is 46.8 Å². The van der Waals surface area contributed by atoms with E-state index < -0.39 is 0 Å². The number of benzene rings is 5. The second kappa shape index (κ2) is 11.4. The van der Waals surface area contributed by atoms with Gasteiger partial charge in [-0.25, -0.2) is 0 Å². The fourth-order valence-electron chi connectivity index (χ4n) is 8.37. The molecular formula is C45H38N6OPt. The monoisotopic (exact) mass is 873 g/mol. The minimum atomic E-state index is -0.0535. The van der Waals surface area contributed by atoms with Crippen molar-refractivity contribution in [2.75, 3.05) is 0 Å².